The lowest BCUT2D eigenvalue weighted by Crippen LogP contribution is -2.17. The molecule has 0 amide bonds. The zero-order valence-electron chi connectivity index (χ0n) is 8.16. The van der Waals surface area contributed by atoms with Gasteiger partial charge >= 0.3 is 0 Å². The topological polar surface area (TPSA) is 45.8 Å². The van der Waals surface area contributed by atoms with E-state index in [1.807, 2.05) is 18.2 Å². The number of rotatable bonds is 0. The first-order valence-corrected chi connectivity index (χ1v) is 5.01. The highest BCUT2D eigenvalue weighted by Crippen LogP contribution is 2.28. The van der Waals surface area contributed by atoms with E-state index in [4.69, 9.17) is 0 Å². The molecule has 15 heavy (non-hydrogen) atoms. The van der Waals surface area contributed by atoms with Gasteiger partial charge in [0.15, 0.2) is 0 Å². The lowest BCUT2D eigenvalue weighted by atomic mass is 9.89. The van der Waals surface area contributed by atoms with Crippen molar-refractivity contribution < 1.29 is 0 Å². The van der Waals surface area contributed by atoms with Gasteiger partial charge in [0.1, 0.15) is 0 Å². The van der Waals surface area contributed by atoms with Crippen molar-refractivity contribution >= 4 is 0 Å². The monoisotopic (exact) mass is 198 g/mol. The zero-order chi connectivity index (χ0) is 10.3. The summed E-state index contributed by atoms with van der Waals surface area (Å²) in [7, 11) is 0. The normalized spacial score (nSPS) is 13.1. The van der Waals surface area contributed by atoms with Crippen LogP contribution in [0.1, 0.15) is 11.3 Å². The van der Waals surface area contributed by atoms with E-state index in [0.29, 0.717) is 0 Å². The van der Waals surface area contributed by atoms with Crippen molar-refractivity contribution in [1.82, 2.24) is 9.97 Å². The minimum absolute atomic E-state index is 0.0350. The van der Waals surface area contributed by atoms with Gasteiger partial charge in [0.25, 0.3) is 5.56 Å². The van der Waals surface area contributed by atoms with Crippen LogP contribution < -0.4 is 5.56 Å². The van der Waals surface area contributed by atoms with E-state index in [1.165, 1.54) is 11.9 Å². The van der Waals surface area contributed by atoms with Gasteiger partial charge in [0.05, 0.1) is 17.6 Å². The van der Waals surface area contributed by atoms with Crippen molar-refractivity contribution in [2.45, 2.75) is 12.8 Å². The first kappa shape index (κ1) is 8.41. The van der Waals surface area contributed by atoms with Crippen LogP contribution in [0.2, 0.25) is 0 Å². The fourth-order valence-corrected chi connectivity index (χ4v) is 2.14. The number of hydrogen-bond acceptors (Lipinski definition) is 2. The number of aryl methyl sites for hydroxylation is 2. The molecular weight excluding hydrogens is 188 g/mol. The number of nitrogens with zero attached hydrogens (tertiary/aromatic N) is 1. The standard InChI is InChI=1S/C12H10N2O/c15-12-11-9-4-2-1-3-8(9)5-6-10(11)13-7-14-12/h1-4,7H,5-6H2,(H,13,14,15). The van der Waals surface area contributed by atoms with Gasteiger partial charge < -0.3 is 4.98 Å². The predicted octanol–water partition coefficient (Wildman–Crippen LogP) is 1.54. The lowest BCUT2D eigenvalue weighted by molar-refractivity contribution is 0.875. The Hall–Kier alpha value is -1.90. The lowest BCUT2D eigenvalue weighted by Gasteiger charge is -2.16. The Morgan fingerprint density at radius 3 is 3.00 bits per heavy atom. The molecule has 2 aromatic rings. The molecule has 3 nitrogen and oxygen atoms in total. The summed E-state index contributed by atoms with van der Waals surface area (Å²) in [5, 5.41) is 0. The largest absolute Gasteiger partial charge is 0.313 e. The molecule has 0 radical (unpaired) electrons. The summed E-state index contributed by atoms with van der Waals surface area (Å²) in [4.78, 5) is 18.6. The fraction of sp³-hybridized carbons (Fsp3) is 0.167. The summed E-state index contributed by atoms with van der Waals surface area (Å²) in [6, 6.07) is 8.03. The number of hydrogen-bond donors (Lipinski definition) is 1. The molecule has 0 atom stereocenters. The molecule has 1 aromatic heterocycles. The highest BCUT2D eigenvalue weighted by molar-refractivity contribution is 5.70. The van der Waals surface area contributed by atoms with E-state index in [-0.39, 0.29) is 5.56 Å². The molecule has 3 rings (SSSR count). The quantitative estimate of drug-likeness (QED) is 0.697. The van der Waals surface area contributed by atoms with Crippen LogP contribution in [-0.2, 0) is 12.8 Å². The van der Waals surface area contributed by atoms with Crippen molar-refractivity contribution in [3.05, 3.63) is 52.2 Å². The zero-order valence-corrected chi connectivity index (χ0v) is 8.16. The van der Waals surface area contributed by atoms with Gasteiger partial charge in [0.2, 0.25) is 0 Å². The number of aromatic nitrogens is 2. The average Bonchev–Trinajstić information content (AvgIpc) is 2.29. The second-order valence-electron chi connectivity index (χ2n) is 3.71. The second kappa shape index (κ2) is 3.05. The Kier molecular flexibility index (Phi) is 1.71. The summed E-state index contributed by atoms with van der Waals surface area (Å²) in [5.74, 6) is 0. The van der Waals surface area contributed by atoms with Gasteiger partial charge in [-0.3, -0.25) is 4.79 Å². The van der Waals surface area contributed by atoms with Crippen LogP contribution in [0.4, 0.5) is 0 Å². The number of fused-ring (bicyclic) bond motifs is 3. The third-order valence-electron chi connectivity index (χ3n) is 2.85. The molecule has 0 spiro atoms. The molecule has 0 fully saturated rings. The van der Waals surface area contributed by atoms with E-state index in [0.717, 1.165) is 29.7 Å². The Bertz CT molecular complexity index is 572. The van der Waals surface area contributed by atoms with Crippen molar-refractivity contribution in [2.24, 2.45) is 0 Å². The summed E-state index contributed by atoms with van der Waals surface area (Å²) < 4.78 is 0. The van der Waals surface area contributed by atoms with Crippen molar-refractivity contribution in [2.75, 3.05) is 0 Å². The molecule has 0 bridgehead atoms. The minimum atomic E-state index is -0.0350. The van der Waals surface area contributed by atoms with E-state index < -0.39 is 0 Å². The van der Waals surface area contributed by atoms with Crippen LogP contribution in [0.15, 0.2) is 35.4 Å². The first-order chi connectivity index (χ1) is 7.36. The predicted molar refractivity (Wildman–Crippen MR) is 57.7 cm³/mol. The number of nitrogens with one attached hydrogen (secondary N) is 1. The Morgan fingerprint density at radius 1 is 1.20 bits per heavy atom. The number of H-pyrrole nitrogens is 1. The van der Waals surface area contributed by atoms with Crippen molar-refractivity contribution in [3.63, 3.8) is 0 Å². The Morgan fingerprint density at radius 2 is 2.07 bits per heavy atom. The van der Waals surface area contributed by atoms with Gasteiger partial charge in [-0.2, -0.15) is 0 Å². The maximum Gasteiger partial charge on any atom is 0.258 e. The maximum absolute atomic E-state index is 11.7. The molecule has 0 saturated carbocycles. The van der Waals surface area contributed by atoms with E-state index in [9.17, 15) is 4.79 Å². The number of benzene rings is 1. The molecular formula is C12H10N2O. The highest BCUT2D eigenvalue weighted by atomic mass is 16.1. The van der Waals surface area contributed by atoms with Gasteiger partial charge in [-0.1, -0.05) is 24.3 Å². The molecule has 1 aliphatic carbocycles. The van der Waals surface area contributed by atoms with Crippen LogP contribution in [0.3, 0.4) is 0 Å². The van der Waals surface area contributed by atoms with Crippen molar-refractivity contribution in [3.8, 4) is 11.1 Å². The summed E-state index contributed by atoms with van der Waals surface area (Å²) in [6.07, 6.45) is 3.31. The van der Waals surface area contributed by atoms with Crippen LogP contribution in [-0.4, -0.2) is 9.97 Å². The van der Waals surface area contributed by atoms with Crippen LogP contribution in [0.5, 0.6) is 0 Å². The third-order valence-corrected chi connectivity index (χ3v) is 2.85. The SMILES string of the molecule is O=c1[nH]cnc2c1-c1ccccc1CC2. The fourth-order valence-electron chi connectivity index (χ4n) is 2.14. The minimum Gasteiger partial charge on any atom is -0.313 e. The summed E-state index contributed by atoms with van der Waals surface area (Å²) >= 11 is 0. The Labute approximate surface area is 86.8 Å². The van der Waals surface area contributed by atoms with E-state index in [2.05, 4.69) is 16.0 Å². The van der Waals surface area contributed by atoms with Gasteiger partial charge in [0, 0.05) is 0 Å². The molecule has 0 unspecified atom stereocenters. The third kappa shape index (κ3) is 1.20. The summed E-state index contributed by atoms with van der Waals surface area (Å²) in [6.45, 7) is 0. The van der Waals surface area contributed by atoms with Gasteiger partial charge in [-0.25, -0.2) is 4.98 Å². The van der Waals surface area contributed by atoms with Crippen LogP contribution in [0.25, 0.3) is 11.1 Å². The van der Waals surface area contributed by atoms with Crippen LogP contribution in [0, 0.1) is 0 Å². The molecule has 1 aliphatic rings. The molecule has 74 valence electrons. The van der Waals surface area contributed by atoms with Crippen LogP contribution >= 0.6 is 0 Å². The molecule has 1 heterocycles. The van der Waals surface area contributed by atoms with Gasteiger partial charge in [-0.15, -0.1) is 0 Å². The first-order valence-electron chi connectivity index (χ1n) is 5.01. The number of aromatic amines is 1. The highest BCUT2D eigenvalue weighted by Gasteiger charge is 2.18. The van der Waals surface area contributed by atoms with Crippen molar-refractivity contribution in [1.29, 1.82) is 0 Å². The Balaban J connectivity index is 2.38. The maximum atomic E-state index is 11.7. The average molecular weight is 198 g/mol. The van der Waals surface area contributed by atoms with E-state index >= 15 is 0 Å². The molecule has 3 heteroatoms. The smallest absolute Gasteiger partial charge is 0.258 e. The molecule has 1 N–H and O–H groups in total. The second-order valence-corrected chi connectivity index (χ2v) is 3.71. The molecule has 1 aromatic carbocycles. The molecule has 0 saturated heterocycles. The van der Waals surface area contributed by atoms with Gasteiger partial charge in [-0.05, 0) is 24.0 Å². The summed E-state index contributed by atoms with van der Waals surface area (Å²) in [5.41, 5.74) is 3.90. The molecule has 0 aliphatic heterocycles. The van der Waals surface area contributed by atoms with E-state index in [1.54, 1.807) is 0 Å².